The third-order valence-corrected chi connectivity index (χ3v) is 7.79. The van der Waals surface area contributed by atoms with Crippen LogP contribution in [0.3, 0.4) is 0 Å². The Morgan fingerprint density at radius 3 is 1.67 bits per heavy atom. The lowest BCUT2D eigenvalue weighted by Crippen LogP contribution is -2.13. The Labute approximate surface area is 171 Å². The van der Waals surface area contributed by atoms with E-state index in [0.717, 1.165) is 21.1 Å². The van der Waals surface area contributed by atoms with Gasteiger partial charge in [-0.15, -0.1) is 0 Å². The second-order valence-electron chi connectivity index (χ2n) is 5.98. The molecule has 0 N–H and O–H groups in total. The lowest BCUT2D eigenvalue weighted by atomic mass is 10.3. The van der Waals surface area contributed by atoms with Crippen molar-refractivity contribution in [1.82, 2.24) is 0 Å². The second-order valence-corrected chi connectivity index (χ2v) is 9.55. The Hall–Kier alpha value is -1.94. The van der Waals surface area contributed by atoms with Crippen molar-refractivity contribution < 1.29 is 8.98 Å². The highest BCUT2D eigenvalue weighted by Gasteiger charge is 2.35. The minimum absolute atomic E-state index is 0.221. The number of benzene rings is 3. The Balaban J connectivity index is 2.28. The molecule has 0 aliphatic heterocycles. The van der Waals surface area contributed by atoms with Crippen LogP contribution in [0.15, 0.2) is 93.5 Å². The van der Waals surface area contributed by atoms with Gasteiger partial charge >= 0.3 is 5.97 Å². The summed E-state index contributed by atoms with van der Waals surface area (Å²) in [6.45, 7) is 1.96. The van der Waals surface area contributed by atoms with E-state index < -0.39 is 10.3 Å². The van der Waals surface area contributed by atoms with E-state index in [0.29, 0.717) is 16.5 Å². The van der Waals surface area contributed by atoms with Gasteiger partial charge in [-0.1, -0.05) is 48.3 Å². The van der Waals surface area contributed by atoms with E-state index >= 15 is 0 Å². The van der Waals surface area contributed by atoms with Crippen molar-refractivity contribution >= 4 is 39.5 Å². The van der Waals surface area contributed by atoms with E-state index in [9.17, 15) is 4.79 Å². The van der Waals surface area contributed by atoms with E-state index in [1.807, 2.05) is 85.8 Å². The minimum atomic E-state index is -2.25. The highest BCUT2D eigenvalue weighted by atomic mass is 35.5. The molecule has 0 saturated carbocycles. The molecule has 0 aromatic heterocycles. The number of rotatable bonds is 6. The third-order valence-electron chi connectivity index (χ3n) is 4.04. The average Bonchev–Trinajstić information content (AvgIpc) is 2.68. The van der Waals surface area contributed by atoms with Crippen molar-refractivity contribution in [3.8, 4) is 0 Å². The largest absolute Gasteiger partial charge is 0.402 e. The zero-order valence-corrected chi connectivity index (χ0v) is 17.2. The normalized spacial score (nSPS) is 11.8. The molecule has 27 heavy (non-hydrogen) atoms. The van der Waals surface area contributed by atoms with Crippen LogP contribution in [0.4, 0.5) is 0 Å². The molecule has 0 aliphatic carbocycles. The maximum Gasteiger partial charge on any atom is 0.317 e. The predicted octanol–water partition coefficient (Wildman–Crippen LogP) is 7.53. The van der Waals surface area contributed by atoms with Gasteiger partial charge in [0.1, 0.15) is 0 Å². The summed E-state index contributed by atoms with van der Waals surface area (Å²) < 4.78 is 6.27. The van der Waals surface area contributed by atoms with Gasteiger partial charge in [0.15, 0.2) is 0 Å². The van der Waals surface area contributed by atoms with Crippen LogP contribution < -0.4 is 0 Å². The molecule has 0 aliphatic rings. The highest BCUT2D eigenvalue weighted by Crippen LogP contribution is 2.69. The van der Waals surface area contributed by atoms with Crippen molar-refractivity contribution in [2.75, 3.05) is 0 Å². The maximum atomic E-state index is 12.7. The van der Waals surface area contributed by atoms with E-state index in [1.54, 1.807) is 0 Å². The van der Waals surface area contributed by atoms with Crippen LogP contribution in [0.25, 0.3) is 0 Å². The smallest absolute Gasteiger partial charge is 0.317 e. The fourth-order valence-electron chi connectivity index (χ4n) is 2.80. The van der Waals surface area contributed by atoms with Crippen molar-refractivity contribution in [2.24, 2.45) is 0 Å². The Morgan fingerprint density at radius 2 is 1.22 bits per heavy atom. The van der Waals surface area contributed by atoms with Gasteiger partial charge in [0.2, 0.25) is 0 Å². The van der Waals surface area contributed by atoms with Gasteiger partial charge in [-0.2, -0.15) is 0 Å². The summed E-state index contributed by atoms with van der Waals surface area (Å²) >= 11 is 12.2. The summed E-state index contributed by atoms with van der Waals surface area (Å²) in [5.41, 5.74) is 0. The molecule has 0 heterocycles. The standard InChI is InChI=1S/C22H20Cl2O2S/c1-2-6-22(25)26-27(19-7-4-3-5-8-19,20-13-9-17(23)10-14-20)21-15-11-18(24)12-16-21/h3-5,7-16H,2,6H2,1H3. The predicted molar refractivity (Wildman–Crippen MR) is 113 cm³/mol. The van der Waals surface area contributed by atoms with Gasteiger partial charge in [0.05, 0.1) is 0 Å². The van der Waals surface area contributed by atoms with Gasteiger partial charge < -0.3 is 4.18 Å². The van der Waals surface area contributed by atoms with Gasteiger partial charge in [-0.25, -0.2) is 0 Å². The molecule has 0 radical (unpaired) electrons. The molecule has 140 valence electrons. The number of carbonyl (C=O) groups excluding carboxylic acids is 1. The topological polar surface area (TPSA) is 26.3 Å². The minimum Gasteiger partial charge on any atom is -0.402 e. The fraction of sp³-hybridized carbons (Fsp3) is 0.136. The molecule has 0 amide bonds. The van der Waals surface area contributed by atoms with Crippen LogP contribution in [-0.2, 0) is 8.98 Å². The van der Waals surface area contributed by atoms with Crippen molar-refractivity contribution in [3.63, 3.8) is 0 Å². The van der Waals surface area contributed by atoms with E-state index in [2.05, 4.69) is 0 Å². The first-order valence-electron chi connectivity index (χ1n) is 8.68. The van der Waals surface area contributed by atoms with Crippen LogP contribution in [0.1, 0.15) is 19.8 Å². The summed E-state index contributed by atoms with van der Waals surface area (Å²) in [5.74, 6) is -0.221. The number of halogens is 2. The third kappa shape index (κ3) is 4.32. The van der Waals surface area contributed by atoms with Crippen molar-refractivity contribution in [1.29, 1.82) is 0 Å². The van der Waals surface area contributed by atoms with Crippen molar-refractivity contribution in [2.45, 2.75) is 34.5 Å². The molecule has 0 spiro atoms. The molecule has 2 nitrogen and oxygen atoms in total. The summed E-state index contributed by atoms with van der Waals surface area (Å²) in [4.78, 5) is 15.4. The van der Waals surface area contributed by atoms with E-state index in [1.165, 1.54) is 0 Å². The van der Waals surface area contributed by atoms with Gasteiger partial charge in [-0.05, 0) is 77.4 Å². The fourth-order valence-corrected chi connectivity index (χ4v) is 6.10. The second kappa shape index (κ2) is 8.83. The molecule has 0 saturated heterocycles. The van der Waals surface area contributed by atoms with Crippen LogP contribution in [0.5, 0.6) is 0 Å². The Morgan fingerprint density at radius 1 is 0.778 bits per heavy atom. The molecule has 0 unspecified atom stereocenters. The van der Waals surface area contributed by atoms with Crippen LogP contribution in [0, 0.1) is 0 Å². The Kier molecular flexibility index (Phi) is 6.48. The maximum absolute atomic E-state index is 12.7. The first kappa shape index (κ1) is 19.8. The molecule has 3 rings (SSSR count). The van der Waals surface area contributed by atoms with Crippen LogP contribution in [-0.4, -0.2) is 5.97 Å². The highest BCUT2D eigenvalue weighted by molar-refractivity contribution is 8.30. The van der Waals surface area contributed by atoms with E-state index in [-0.39, 0.29) is 5.97 Å². The molecule has 3 aromatic carbocycles. The first-order chi connectivity index (χ1) is 13.1. The molecule has 0 fully saturated rings. The summed E-state index contributed by atoms with van der Waals surface area (Å²) in [6.07, 6.45) is 1.09. The molecule has 3 aromatic rings. The Bertz CT molecular complexity index is 848. The van der Waals surface area contributed by atoms with Crippen LogP contribution in [0.2, 0.25) is 10.0 Å². The summed E-state index contributed by atoms with van der Waals surface area (Å²) in [5, 5.41) is 1.27. The number of carbonyl (C=O) groups is 1. The lowest BCUT2D eigenvalue weighted by molar-refractivity contribution is -0.133. The lowest BCUT2D eigenvalue weighted by Gasteiger charge is -2.39. The molecule has 5 heteroatoms. The number of hydrogen-bond acceptors (Lipinski definition) is 2. The molecule has 0 atom stereocenters. The molecule has 0 bridgehead atoms. The zero-order chi connectivity index (χ0) is 19.3. The zero-order valence-electron chi connectivity index (χ0n) is 14.9. The monoisotopic (exact) mass is 418 g/mol. The number of hydrogen-bond donors (Lipinski definition) is 0. The van der Waals surface area contributed by atoms with Gasteiger partial charge in [0, 0.05) is 31.2 Å². The van der Waals surface area contributed by atoms with Gasteiger partial charge in [0.25, 0.3) is 0 Å². The average molecular weight is 419 g/mol. The molecular formula is C22H20Cl2O2S. The summed E-state index contributed by atoms with van der Waals surface area (Å²) in [6, 6.07) is 24.9. The first-order valence-corrected chi connectivity index (χ1v) is 11.0. The quantitative estimate of drug-likeness (QED) is 0.413. The van der Waals surface area contributed by atoms with Gasteiger partial charge in [-0.3, -0.25) is 4.79 Å². The van der Waals surface area contributed by atoms with E-state index in [4.69, 9.17) is 27.4 Å². The summed E-state index contributed by atoms with van der Waals surface area (Å²) in [7, 11) is -2.25. The molecular weight excluding hydrogens is 399 g/mol. The van der Waals surface area contributed by atoms with Crippen molar-refractivity contribution in [3.05, 3.63) is 88.9 Å². The SMILES string of the molecule is CCCC(=O)OS(c1ccccc1)(c1ccc(Cl)cc1)c1ccc(Cl)cc1. The van der Waals surface area contributed by atoms with Crippen LogP contribution >= 0.6 is 33.5 Å².